The minimum Gasteiger partial charge on any atom is -0.506 e. The maximum atomic E-state index is 11.4. The SMILES string of the molecule is CCCCCc1cc2c(c(O)c1-c1cscn1)-c1cc(C)ccc1C(C)(C)O2. The van der Waals surface area contributed by atoms with Gasteiger partial charge in [0.15, 0.2) is 0 Å². The van der Waals surface area contributed by atoms with Crippen molar-refractivity contribution >= 4 is 11.3 Å². The zero-order valence-electron chi connectivity index (χ0n) is 17.0. The highest BCUT2D eigenvalue weighted by Crippen LogP contribution is 2.53. The molecule has 0 radical (unpaired) electrons. The molecule has 0 fully saturated rings. The normalized spacial score (nSPS) is 14.3. The Balaban J connectivity index is 1.96. The number of hydrogen-bond acceptors (Lipinski definition) is 4. The maximum Gasteiger partial charge on any atom is 0.136 e. The molecule has 0 saturated carbocycles. The number of rotatable bonds is 5. The van der Waals surface area contributed by atoms with Crippen LogP contribution in [0.15, 0.2) is 35.2 Å². The first-order chi connectivity index (χ1) is 13.4. The second kappa shape index (κ2) is 7.25. The second-order valence-corrected chi connectivity index (χ2v) is 8.84. The van der Waals surface area contributed by atoms with Gasteiger partial charge in [-0.2, -0.15) is 0 Å². The summed E-state index contributed by atoms with van der Waals surface area (Å²) in [4.78, 5) is 4.50. The van der Waals surface area contributed by atoms with Crippen molar-refractivity contribution in [1.82, 2.24) is 4.98 Å². The van der Waals surface area contributed by atoms with Crippen molar-refractivity contribution in [3.63, 3.8) is 0 Å². The molecule has 28 heavy (non-hydrogen) atoms. The van der Waals surface area contributed by atoms with E-state index in [0.717, 1.165) is 52.1 Å². The van der Waals surface area contributed by atoms with Crippen LogP contribution in [0.4, 0.5) is 0 Å². The minimum absolute atomic E-state index is 0.289. The third-order valence-corrected chi connectivity index (χ3v) is 6.13. The molecule has 1 aliphatic rings. The van der Waals surface area contributed by atoms with Crippen LogP contribution >= 0.6 is 11.3 Å². The molecule has 0 atom stereocenters. The lowest BCUT2D eigenvalue weighted by Crippen LogP contribution is -2.29. The van der Waals surface area contributed by atoms with E-state index in [2.05, 4.69) is 56.9 Å². The smallest absolute Gasteiger partial charge is 0.136 e. The largest absolute Gasteiger partial charge is 0.506 e. The van der Waals surface area contributed by atoms with Crippen molar-refractivity contribution in [3.05, 3.63) is 51.8 Å². The number of benzene rings is 2. The minimum atomic E-state index is -0.439. The Morgan fingerprint density at radius 1 is 1.14 bits per heavy atom. The molecule has 0 bridgehead atoms. The first-order valence-corrected chi connectivity index (χ1v) is 10.9. The Morgan fingerprint density at radius 2 is 1.96 bits per heavy atom. The van der Waals surface area contributed by atoms with Crippen molar-refractivity contribution in [3.8, 4) is 33.9 Å². The van der Waals surface area contributed by atoms with E-state index >= 15 is 0 Å². The highest BCUT2D eigenvalue weighted by Gasteiger charge is 2.35. The van der Waals surface area contributed by atoms with Gasteiger partial charge in [0.2, 0.25) is 0 Å². The monoisotopic (exact) mass is 393 g/mol. The predicted molar refractivity (Wildman–Crippen MR) is 116 cm³/mol. The average molecular weight is 394 g/mol. The van der Waals surface area contributed by atoms with Crippen LogP contribution in [0.1, 0.15) is 56.7 Å². The fourth-order valence-corrected chi connectivity index (χ4v) is 4.68. The molecule has 1 aliphatic heterocycles. The van der Waals surface area contributed by atoms with Gasteiger partial charge in [-0.05, 0) is 50.8 Å². The first kappa shape index (κ1) is 19.0. The summed E-state index contributed by atoms with van der Waals surface area (Å²) in [7, 11) is 0. The van der Waals surface area contributed by atoms with Gasteiger partial charge in [0, 0.05) is 16.5 Å². The highest BCUT2D eigenvalue weighted by atomic mass is 32.1. The van der Waals surface area contributed by atoms with Gasteiger partial charge in [-0.1, -0.05) is 43.5 Å². The zero-order valence-corrected chi connectivity index (χ0v) is 17.8. The molecular weight excluding hydrogens is 366 g/mol. The van der Waals surface area contributed by atoms with Gasteiger partial charge < -0.3 is 9.84 Å². The number of phenols is 1. The summed E-state index contributed by atoms with van der Waals surface area (Å²) < 4.78 is 6.41. The van der Waals surface area contributed by atoms with Gasteiger partial charge in [-0.25, -0.2) is 4.98 Å². The van der Waals surface area contributed by atoms with Crippen LogP contribution in [0.2, 0.25) is 0 Å². The van der Waals surface area contributed by atoms with Crippen LogP contribution < -0.4 is 4.74 Å². The van der Waals surface area contributed by atoms with Crippen molar-refractivity contribution in [2.75, 3.05) is 0 Å². The third-order valence-electron chi connectivity index (χ3n) is 5.54. The van der Waals surface area contributed by atoms with Gasteiger partial charge in [0.1, 0.15) is 17.1 Å². The van der Waals surface area contributed by atoms with E-state index < -0.39 is 5.60 Å². The maximum absolute atomic E-state index is 11.4. The Bertz CT molecular complexity index is 1010. The summed E-state index contributed by atoms with van der Waals surface area (Å²) in [6.07, 6.45) is 4.33. The van der Waals surface area contributed by atoms with Crippen LogP contribution in [0.3, 0.4) is 0 Å². The van der Waals surface area contributed by atoms with E-state index in [9.17, 15) is 5.11 Å². The van der Waals surface area contributed by atoms with E-state index in [0.29, 0.717) is 0 Å². The quantitative estimate of drug-likeness (QED) is 0.482. The molecule has 2 aromatic carbocycles. The summed E-state index contributed by atoms with van der Waals surface area (Å²) in [6.45, 7) is 8.47. The molecule has 3 aromatic rings. The number of aromatic nitrogens is 1. The third kappa shape index (κ3) is 3.20. The first-order valence-electron chi connectivity index (χ1n) is 10.00. The number of aromatic hydroxyl groups is 1. The molecule has 2 heterocycles. The molecule has 146 valence electrons. The lowest BCUT2D eigenvalue weighted by atomic mass is 9.82. The second-order valence-electron chi connectivity index (χ2n) is 8.12. The lowest BCUT2D eigenvalue weighted by molar-refractivity contribution is 0.105. The van der Waals surface area contributed by atoms with Crippen LogP contribution in [0.25, 0.3) is 22.4 Å². The number of nitrogens with zero attached hydrogens (tertiary/aromatic N) is 1. The fourth-order valence-electron chi connectivity index (χ4n) is 4.14. The van der Waals surface area contributed by atoms with Crippen molar-refractivity contribution < 1.29 is 9.84 Å². The van der Waals surface area contributed by atoms with E-state index in [1.807, 2.05) is 10.9 Å². The molecule has 4 rings (SSSR count). The number of aryl methyl sites for hydroxylation is 2. The molecule has 0 saturated heterocycles. The van der Waals surface area contributed by atoms with Gasteiger partial charge in [-0.15, -0.1) is 11.3 Å². The number of phenolic OH excluding ortho intramolecular Hbond substituents is 1. The zero-order chi connectivity index (χ0) is 19.9. The average Bonchev–Trinajstić information content (AvgIpc) is 3.15. The molecule has 0 unspecified atom stereocenters. The summed E-state index contributed by atoms with van der Waals surface area (Å²) in [5.74, 6) is 1.06. The van der Waals surface area contributed by atoms with Crippen molar-refractivity contribution in [1.29, 1.82) is 0 Å². The van der Waals surface area contributed by atoms with E-state index in [-0.39, 0.29) is 5.75 Å². The van der Waals surface area contributed by atoms with E-state index in [1.54, 1.807) is 11.3 Å². The Kier molecular flexibility index (Phi) is 4.92. The summed E-state index contributed by atoms with van der Waals surface area (Å²) in [5.41, 5.74) is 8.31. The fraction of sp³-hybridized carbons (Fsp3) is 0.375. The molecular formula is C24H27NO2S. The van der Waals surface area contributed by atoms with Crippen LogP contribution in [-0.2, 0) is 12.0 Å². The Morgan fingerprint density at radius 3 is 2.68 bits per heavy atom. The highest BCUT2D eigenvalue weighted by molar-refractivity contribution is 7.07. The summed E-state index contributed by atoms with van der Waals surface area (Å²) >= 11 is 1.55. The van der Waals surface area contributed by atoms with Gasteiger partial charge in [0.25, 0.3) is 0 Å². The van der Waals surface area contributed by atoms with Gasteiger partial charge in [-0.3, -0.25) is 0 Å². The number of fused-ring (bicyclic) bond motifs is 3. The van der Waals surface area contributed by atoms with Crippen LogP contribution in [-0.4, -0.2) is 10.1 Å². The van der Waals surface area contributed by atoms with Crippen LogP contribution in [0.5, 0.6) is 11.5 Å². The van der Waals surface area contributed by atoms with Crippen molar-refractivity contribution in [2.45, 2.75) is 59.0 Å². The molecule has 0 spiro atoms. The van der Waals surface area contributed by atoms with E-state index in [4.69, 9.17) is 4.74 Å². The van der Waals surface area contributed by atoms with E-state index in [1.165, 1.54) is 18.4 Å². The molecule has 0 amide bonds. The molecule has 0 aliphatic carbocycles. The topological polar surface area (TPSA) is 42.4 Å². The van der Waals surface area contributed by atoms with Crippen molar-refractivity contribution in [2.24, 2.45) is 0 Å². The summed E-state index contributed by atoms with van der Waals surface area (Å²) in [5, 5.41) is 13.4. The van der Waals surface area contributed by atoms with Gasteiger partial charge in [0.05, 0.1) is 16.8 Å². The summed E-state index contributed by atoms with van der Waals surface area (Å²) in [6, 6.07) is 8.50. The lowest BCUT2D eigenvalue weighted by Gasteiger charge is -2.36. The number of unbranched alkanes of at least 4 members (excludes halogenated alkanes) is 2. The molecule has 1 aromatic heterocycles. The van der Waals surface area contributed by atoms with Gasteiger partial charge >= 0.3 is 0 Å². The Hall–Kier alpha value is -2.33. The standard InChI is InChI=1S/C24H27NO2S/c1-5-6-7-8-16-12-20-22(23(26)21(16)19-13-28-14-25-19)17-11-15(2)9-10-18(17)24(3,4)27-20/h9-14,26H,5-8H2,1-4H3. The number of thiazole rings is 1. The molecule has 4 heteroatoms. The predicted octanol–water partition coefficient (Wildman–Crippen LogP) is 6.85. The number of hydrogen-bond donors (Lipinski definition) is 1. The number of ether oxygens (including phenoxy) is 1. The molecule has 3 nitrogen and oxygen atoms in total. The molecule has 1 N–H and O–H groups in total. The Labute approximate surface area is 171 Å². The van der Waals surface area contributed by atoms with Crippen LogP contribution in [0, 0.1) is 6.92 Å².